The fraction of sp³-hybridized carbons (Fsp3) is 0.833. The predicted octanol–water partition coefficient (Wildman–Crippen LogP) is 1.03. The maximum absolute atomic E-state index is 3.35. The summed E-state index contributed by atoms with van der Waals surface area (Å²) in [5.41, 5.74) is 0. The molecule has 1 unspecified atom stereocenters. The van der Waals surface area contributed by atoms with Gasteiger partial charge in [-0.3, -0.25) is 5.32 Å². The molecule has 1 heterocycles. The van der Waals surface area contributed by atoms with Crippen LogP contribution in [0.4, 0.5) is 0 Å². The van der Waals surface area contributed by atoms with Crippen LogP contribution in [0.5, 0.6) is 0 Å². The standard InChI is InChI=1S/C6H13NS/c1-3-8-5-4-7-6(8)2/h7H,3-5H2,1-2H3. The van der Waals surface area contributed by atoms with Crippen LogP contribution in [0, 0.1) is 0 Å². The van der Waals surface area contributed by atoms with Gasteiger partial charge in [-0.2, -0.15) is 10.5 Å². The Kier molecular flexibility index (Phi) is 2.08. The van der Waals surface area contributed by atoms with Crippen molar-refractivity contribution in [3.8, 4) is 0 Å². The normalized spacial score (nSPS) is 29.2. The van der Waals surface area contributed by atoms with Gasteiger partial charge in [0.1, 0.15) is 0 Å². The molecule has 0 aliphatic carbocycles. The van der Waals surface area contributed by atoms with Gasteiger partial charge in [0, 0.05) is 17.3 Å². The average Bonchev–Trinajstić information content (AvgIpc) is 2.14. The highest BCUT2D eigenvalue weighted by molar-refractivity contribution is 8.16. The molecule has 1 nitrogen and oxygen atoms in total. The first-order valence-electron chi connectivity index (χ1n) is 3.09. The van der Waals surface area contributed by atoms with E-state index in [4.69, 9.17) is 0 Å². The van der Waals surface area contributed by atoms with Gasteiger partial charge >= 0.3 is 0 Å². The third-order valence-corrected chi connectivity index (χ3v) is 3.91. The Hall–Kier alpha value is 0.180. The second-order valence-corrected chi connectivity index (χ2v) is 4.55. The topological polar surface area (TPSA) is 12.0 Å². The molecule has 1 aliphatic heterocycles. The van der Waals surface area contributed by atoms with Crippen LogP contribution in [0.25, 0.3) is 0 Å². The second-order valence-electron chi connectivity index (χ2n) is 1.97. The van der Waals surface area contributed by atoms with Crippen LogP contribution in [0.3, 0.4) is 0 Å². The summed E-state index contributed by atoms with van der Waals surface area (Å²) < 4.78 is 0. The summed E-state index contributed by atoms with van der Waals surface area (Å²) in [5, 5.41) is 3.35. The number of nitrogens with one attached hydrogen (secondary N) is 1. The summed E-state index contributed by atoms with van der Waals surface area (Å²) in [6.07, 6.45) is 0. The molecule has 48 valence electrons. The summed E-state index contributed by atoms with van der Waals surface area (Å²) in [4.78, 5) is 1.52. The van der Waals surface area contributed by atoms with Crippen molar-refractivity contribution in [3.05, 3.63) is 0 Å². The zero-order valence-corrected chi connectivity index (χ0v) is 6.35. The summed E-state index contributed by atoms with van der Waals surface area (Å²) in [5.74, 6) is 2.71. The lowest BCUT2D eigenvalue weighted by Gasteiger charge is -1.96. The lowest BCUT2D eigenvalue weighted by atomic mass is 10.7. The summed E-state index contributed by atoms with van der Waals surface area (Å²) in [6.45, 7) is 5.68. The third-order valence-electron chi connectivity index (χ3n) is 1.50. The number of hydrogen-bond acceptors (Lipinski definition) is 1. The summed E-state index contributed by atoms with van der Waals surface area (Å²) >= 11 is 0. The number of rotatable bonds is 1. The SMILES string of the molecule is CCS1=C(C)NCC1. The highest BCUT2D eigenvalue weighted by Crippen LogP contribution is 2.16. The lowest BCUT2D eigenvalue weighted by molar-refractivity contribution is 1.01. The van der Waals surface area contributed by atoms with Gasteiger partial charge in [0.25, 0.3) is 0 Å². The van der Waals surface area contributed by atoms with Crippen molar-refractivity contribution in [3.63, 3.8) is 0 Å². The maximum Gasteiger partial charge on any atom is 0.0125 e. The predicted molar refractivity (Wildman–Crippen MR) is 41.7 cm³/mol. The molecule has 0 aromatic carbocycles. The van der Waals surface area contributed by atoms with Gasteiger partial charge in [-0.25, -0.2) is 0 Å². The fourth-order valence-electron chi connectivity index (χ4n) is 0.966. The molecule has 0 radical (unpaired) electrons. The average molecular weight is 131 g/mol. The molecule has 1 aliphatic rings. The minimum absolute atomic E-state index is 0.627. The highest BCUT2D eigenvalue weighted by atomic mass is 32.2. The van der Waals surface area contributed by atoms with Gasteiger partial charge in [-0.1, -0.05) is 6.92 Å². The molecule has 0 saturated carbocycles. The maximum atomic E-state index is 3.35. The second kappa shape index (κ2) is 2.65. The molecule has 1 rings (SSSR count). The van der Waals surface area contributed by atoms with E-state index in [1.54, 1.807) is 0 Å². The van der Waals surface area contributed by atoms with Crippen molar-refractivity contribution in [2.24, 2.45) is 0 Å². The molecule has 1 N–H and O–H groups in total. The zero-order chi connectivity index (χ0) is 5.98. The molecule has 0 saturated heterocycles. The van der Waals surface area contributed by atoms with E-state index in [1.165, 1.54) is 23.0 Å². The van der Waals surface area contributed by atoms with Crippen LogP contribution in [-0.2, 0) is 0 Å². The molecule has 1 atom stereocenters. The Labute approximate surface area is 53.4 Å². The van der Waals surface area contributed by atoms with Crippen LogP contribution < -0.4 is 5.32 Å². The Balaban J connectivity index is 2.58. The minimum atomic E-state index is 0.627. The van der Waals surface area contributed by atoms with E-state index >= 15 is 0 Å². The first kappa shape index (κ1) is 6.30. The smallest absolute Gasteiger partial charge is 0.0125 e. The van der Waals surface area contributed by atoms with Crippen molar-refractivity contribution in [2.75, 3.05) is 18.1 Å². The van der Waals surface area contributed by atoms with E-state index < -0.39 is 0 Å². The molecular weight excluding hydrogens is 118 g/mol. The van der Waals surface area contributed by atoms with Gasteiger partial charge in [0.15, 0.2) is 0 Å². The summed E-state index contributed by atoms with van der Waals surface area (Å²) in [6, 6.07) is 0. The van der Waals surface area contributed by atoms with Crippen LogP contribution in [0.15, 0.2) is 0 Å². The Morgan fingerprint density at radius 1 is 1.75 bits per heavy atom. The zero-order valence-electron chi connectivity index (χ0n) is 5.53. The van der Waals surface area contributed by atoms with Crippen molar-refractivity contribution in [1.82, 2.24) is 5.32 Å². The van der Waals surface area contributed by atoms with Gasteiger partial charge in [0.2, 0.25) is 0 Å². The van der Waals surface area contributed by atoms with E-state index in [9.17, 15) is 0 Å². The van der Waals surface area contributed by atoms with Crippen LogP contribution in [0.2, 0.25) is 0 Å². The van der Waals surface area contributed by atoms with Crippen molar-refractivity contribution in [1.29, 1.82) is 0 Å². The van der Waals surface area contributed by atoms with Crippen LogP contribution in [-0.4, -0.2) is 23.0 Å². The molecule has 0 aromatic heterocycles. The monoisotopic (exact) mass is 131 g/mol. The van der Waals surface area contributed by atoms with Crippen molar-refractivity contribution < 1.29 is 0 Å². The Bertz CT molecular complexity index is 118. The summed E-state index contributed by atoms with van der Waals surface area (Å²) in [7, 11) is 0.627. The molecular formula is C6H13NS. The Morgan fingerprint density at radius 2 is 2.50 bits per heavy atom. The van der Waals surface area contributed by atoms with E-state index in [1.807, 2.05) is 0 Å². The quantitative estimate of drug-likeness (QED) is 0.524. The van der Waals surface area contributed by atoms with Crippen LogP contribution >= 0.6 is 10.5 Å². The van der Waals surface area contributed by atoms with Gasteiger partial charge in [-0.05, 0) is 12.7 Å². The first-order valence-corrected chi connectivity index (χ1v) is 4.66. The molecule has 0 fully saturated rings. The van der Waals surface area contributed by atoms with Gasteiger partial charge < -0.3 is 0 Å². The van der Waals surface area contributed by atoms with E-state index in [0.29, 0.717) is 10.5 Å². The van der Waals surface area contributed by atoms with Crippen LogP contribution in [0.1, 0.15) is 13.8 Å². The fourth-order valence-corrected chi connectivity index (χ4v) is 2.65. The minimum Gasteiger partial charge on any atom is -0.287 e. The van der Waals surface area contributed by atoms with Gasteiger partial charge in [-0.15, -0.1) is 0 Å². The highest BCUT2D eigenvalue weighted by Gasteiger charge is 2.04. The molecule has 0 bridgehead atoms. The van der Waals surface area contributed by atoms with E-state index in [-0.39, 0.29) is 0 Å². The largest absolute Gasteiger partial charge is 0.287 e. The molecule has 0 spiro atoms. The molecule has 0 aromatic rings. The van der Waals surface area contributed by atoms with Gasteiger partial charge in [0.05, 0.1) is 0 Å². The lowest BCUT2D eigenvalue weighted by Crippen LogP contribution is -2.14. The number of hydrogen-bond donors (Lipinski definition) is 1. The van der Waals surface area contributed by atoms with E-state index in [2.05, 4.69) is 19.2 Å². The molecule has 2 heteroatoms. The Morgan fingerprint density at radius 3 is 2.75 bits per heavy atom. The molecule has 0 amide bonds. The van der Waals surface area contributed by atoms with Crippen molar-refractivity contribution in [2.45, 2.75) is 13.8 Å². The molecule has 8 heavy (non-hydrogen) atoms. The van der Waals surface area contributed by atoms with Crippen molar-refractivity contribution >= 4 is 15.5 Å². The third kappa shape index (κ3) is 1.12. The van der Waals surface area contributed by atoms with E-state index in [0.717, 1.165) is 0 Å². The first-order chi connectivity index (χ1) is 3.84.